The van der Waals surface area contributed by atoms with Crippen molar-refractivity contribution in [2.75, 3.05) is 6.54 Å². The lowest BCUT2D eigenvalue weighted by atomic mass is 10.1. The van der Waals surface area contributed by atoms with Gasteiger partial charge in [-0.1, -0.05) is 19.2 Å². The van der Waals surface area contributed by atoms with Crippen LogP contribution in [0.25, 0.3) is 0 Å². The first-order valence-electron chi connectivity index (χ1n) is 7.38. The van der Waals surface area contributed by atoms with Crippen molar-refractivity contribution in [2.24, 2.45) is 10.9 Å². The van der Waals surface area contributed by atoms with Crippen molar-refractivity contribution >= 4 is 5.71 Å². The maximum absolute atomic E-state index is 8.55. The van der Waals surface area contributed by atoms with Gasteiger partial charge in [0.25, 0.3) is 0 Å². The van der Waals surface area contributed by atoms with Crippen LogP contribution >= 0.6 is 0 Å². The zero-order valence-corrected chi connectivity index (χ0v) is 12.6. The van der Waals surface area contributed by atoms with E-state index in [1.807, 2.05) is 13.1 Å². The van der Waals surface area contributed by atoms with Gasteiger partial charge in [0.05, 0.1) is 17.5 Å². The maximum Gasteiger partial charge on any atom is 0.0968 e. The highest BCUT2D eigenvalue weighted by atomic mass is 15.0. The highest BCUT2D eigenvalue weighted by Gasteiger charge is 2.27. The predicted molar refractivity (Wildman–Crippen MR) is 86.3 cm³/mol. The number of nitrogens with one attached hydrogen (secondary N) is 2. The van der Waals surface area contributed by atoms with E-state index in [2.05, 4.69) is 35.9 Å². The van der Waals surface area contributed by atoms with Gasteiger partial charge in [0, 0.05) is 42.1 Å². The molecule has 0 unspecified atom stereocenters. The van der Waals surface area contributed by atoms with Crippen LogP contribution in [0.15, 0.2) is 53.1 Å². The van der Waals surface area contributed by atoms with Crippen molar-refractivity contribution in [3.8, 4) is 6.07 Å². The van der Waals surface area contributed by atoms with E-state index in [0.717, 1.165) is 41.3 Å². The number of hydrogen-bond donors (Lipinski definition) is 2. The Bertz CT molecular complexity index is 568. The average Bonchev–Trinajstić information content (AvgIpc) is 3.25. The minimum Gasteiger partial charge on any atom is -0.385 e. The molecule has 4 nitrogen and oxygen atoms in total. The van der Waals surface area contributed by atoms with Crippen molar-refractivity contribution in [3.05, 3.63) is 48.1 Å². The number of unbranched alkanes of at least 4 members (excludes halogenated alkanes) is 1. The molecule has 1 saturated carbocycles. The summed E-state index contributed by atoms with van der Waals surface area (Å²) in [5, 5.41) is 14.9. The topological polar surface area (TPSA) is 60.2 Å². The Morgan fingerprint density at radius 3 is 3.00 bits per heavy atom. The molecule has 0 aromatic heterocycles. The fourth-order valence-corrected chi connectivity index (χ4v) is 2.22. The molecule has 0 spiro atoms. The molecule has 0 radical (unpaired) electrons. The summed E-state index contributed by atoms with van der Waals surface area (Å²) in [5.41, 5.74) is 4.59. The van der Waals surface area contributed by atoms with Crippen LogP contribution in [0.3, 0.4) is 0 Å². The summed E-state index contributed by atoms with van der Waals surface area (Å²) in [6.07, 6.45) is 7.78. The summed E-state index contributed by atoms with van der Waals surface area (Å²) in [4.78, 5) is 4.78. The van der Waals surface area contributed by atoms with Gasteiger partial charge in [-0.05, 0) is 26.2 Å². The van der Waals surface area contributed by atoms with E-state index in [1.54, 1.807) is 0 Å². The van der Waals surface area contributed by atoms with Gasteiger partial charge >= 0.3 is 0 Å². The van der Waals surface area contributed by atoms with Crippen LogP contribution in [0.1, 0.15) is 32.6 Å². The summed E-state index contributed by atoms with van der Waals surface area (Å²) in [7, 11) is 0. The number of rotatable bonds is 7. The van der Waals surface area contributed by atoms with Crippen molar-refractivity contribution in [3.63, 3.8) is 0 Å². The SMILES string of the molecule is C=C(NCCCC#N)C1=CNC(=C)/C1=N\C(=C/C)C1CC1. The van der Waals surface area contributed by atoms with Crippen LogP contribution in [0.2, 0.25) is 0 Å². The van der Waals surface area contributed by atoms with E-state index in [0.29, 0.717) is 12.3 Å². The largest absolute Gasteiger partial charge is 0.385 e. The maximum atomic E-state index is 8.55. The Morgan fingerprint density at radius 2 is 2.38 bits per heavy atom. The second-order valence-corrected chi connectivity index (χ2v) is 5.30. The van der Waals surface area contributed by atoms with E-state index in [-0.39, 0.29) is 0 Å². The summed E-state index contributed by atoms with van der Waals surface area (Å²) >= 11 is 0. The fourth-order valence-electron chi connectivity index (χ4n) is 2.22. The molecule has 2 aliphatic rings. The first-order chi connectivity index (χ1) is 10.2. The first-order valence-corrected chi connectivity index (χ1v) is 7.38. The van der Waals surface area contributed by atoms with Gasteiger partial charge < -0.3 is 10.6 Å². The monoisotopic (exact) mass is 282 g/mol. The molecule has 110 valence electrons. The van der Waals surface area contributed by atoms with Gasteiger partial charge in [-0.3, -0.25) is 4.99 Å². The van der Waals surface area contributed by atoms with Gasteiger partial charge in [0.1, 0.15) is 0 Å². The molecular weight excluding hydrogens is 260 g/mol. The second-order valence-electron chi connectivity index (χ2n) is 5.30. The molecule has 4 heteroatoms. The minimum absolute atomic E-state index is 0.551. The molecule has 1 aliphatic heterocycles. The van der Waals surface area contributed by atoms with Gasteiger partial charge in [-0.25, -0.2) is 0 Å². The van der Waals surface area contributed by atoms with Crippen molar-refractivity contribution in [1.82, 2.24) is 10.6 Å². The van der Waals surface area contributed by atoms with Crippen molar-refractivity contribution in [1.29, 1.82) is 5.26 Å². The smallest absolute Gasteiger partial charge is 0.0968 e. The Labute approximate surface area is 126 Å². The molecule has 2 rings (SSSR count). The normalized spacial score (nSPS) is 20.0. The van der Waals surface area contributed by atoms with Gasteiger partial charge in [0.15, 0.2) is 0 Å². The van der Waals surface area contributed by atoms with E-state index < -0.39 is 0 Å². The molecule has 21 heavy (non-hydrogen) atoms. The van der Waals surface area contributed by atoms with Crippen LogP contribution < -0.4 is 10.6 Å². The summed E-state index contributed by atoms with van der Waals surface area (Å²) in [5.74, 6) is 0.606. The lowest BCUT2D eigenvalue weighted by Gasteiger charge is -2.11. The predicted octanol–water partition coefficient (Wildman–Crippen LogP) is 3.15. The molecule has 0 amide bonds. The number of nitrogens with zero attached hydrogens (tertiary/aromatic N) is 2. The molecule has 1 heterocycles. The van der Waals surface area contributed by atoms with Crippen LogP contribution in [-0.4, -0.2) is 12.3 Å². The molecule has 0 aromatic carbocycles. The lowest BCUT2D eigenvalue weighted by Crippen LogP contribution is -2.18. The highest BCUT2D eigenvalue weighted by Crippen LogP contribution is 2.37. The quantitative estimate of drug-likeness (QED) is 0.705. The van der Waals surface area contributed by atoms with Gasteiger partial charge in [-0.2, -0.15) is 5.26 Å². The number of nitriles is 1. The third kappa shape index (κ3) is 3.85. The Balaban J connectivity index is 2.04. The molecule has 0 saturated heterocycles. The van der Waals surface area contributed by atoms with Crippen LogP contribution in [-0.2, 0) is 0 Å². The van der Waals surface area contributed by atoms with Gasteiger partial charge in [0.2, 0.25) is 0 Å². The molecule has 0 atom stereocenters. The van der Waals surface area contributed by atoms with Crippen LogP contribution in [0.5, 0.6) is 0 Å². The third-order valence-corrected chi connectivity index (χ3v) is 3.59. The second kappa shape index (κ2) is 6.94. The van der Waals surface area contributed by atoms with E-state index in [9.17, 15) is 0 Å². The minimum atomic E-state index is 0.551. The van der Waals surface area contributed by atoms with Crippen molar-refractivity contribution < 1.29 is 0 Å². The molecular formula is C17H22N4. The molecule has 1 fully saturated rings. The molecule has 0 bridgehead atoms. The zero-order valence-electron chi connectivity index (χ0n) is 12.6. The summed E-state index contributed by atoms with van der Waals surface area (Å²) in [6.45, 7) is 10.8. The standard InChI is InChI=1S/C17H22N4/c1-4-16(14-7-8-14)21-17-13(3)20-11-15(17)12(2)19-10-6-5-9-18/h4,11,14,19-20H,2-3,5-8,10H2,1H3/b16-4-,21-17+. The summed E-state index contributed by atoms with van der Waals surface area (Å²) in [6, 6.07) is 2.14. The summed E-state index contributed by atoms with van der Waals surface area (Å²) < 4.78 is 0. The Kier molecular flexibility index (Phi) is 4.99. The van der Waals surface area contributed by atoms with E-state index >= 15 is 0 Å². The number of hydrogen-bond acceptors (Lipinski definition) is 4. The average molecular weight is 282 g/mol. The third-order valence-electron chi connectivity index (χ3n) is 3.59. The molecule has 1 aliphatic carbocycles. The van der Waals surface area contributed by atoms with Crippen LogP contribution in [0.4, 0.5) is 0 Å². The van der Waals surface area contributed by atoms with E-state index in [4.69, 9.17) is 10.3 Å². The molecule has 2 N–H and O–H groups in total. The zero-order chi connectivity index (χ0) is 15.2. The number of allylic oxidation sites excluding steroid dienone is 4. The fraction of sp³-hybridized carbons (Fsp3) is 0.412. The lowest BCUT2D eigenvalue weighted by molar-refractivity contribution is 0.749. The Morgan fingerprint density at radius 1 is 1.62 bits per heavy atom. The van der Waals surface area contributed by atoms with E-state index in [1.165, 1.54) is 12.8 Å². The van der Waals surface area contributed by atoms with Crippen LogP contribution in [0, 0.1) is 17.2 Å². The highest BCUT2D eigenvalue weighted by molar-refractivity contribution is 6.16. The van der Waals surface area contributed by atoms with Crippen molar-refractivity contribution in [2.45, 2.75) is 32.6 Å². The Hall–Kier alpha value is -2.28. The number of aliphatic imine (C=N–C) groups is 1. The first kappa shape index (κ1) is 15.1. The van der Waals surface area contributed by atoms with Gasteiger partial charge in [-0.15, -0.1) is 0 Å². The molecule has 0 aromatic rings.